The quantitative estimate of drug-likeness (QED) is 0.723. The Labute approximate surface area is 76.3 Å². The maximum Gasteiger partial charge on any atom is 0.0985 e. The predicted molar refractivity (Wildman–Crippen MR) is 49.4 cm³/mol. The molecule has 1 fully saturated rings. The van der Waals surface area contributed by atoms with Gasteiger partial charge in [0, 0.05) is 17.0 Å². The third kappa shape index (κ3) is 1.39. The van der Waals surface area contributed by atoms with Gasteiger partial charge in [-0.05, 0) is 19.8 Å². The molecule has 0 radical (unpaired) electrons. The molecule has 12 heavy (non-hydrogen) atoms. The van der Waals surface area contributed by atoms with Crippen molar-refractivity contribution in [3.63, 3.8) is 0 Å². The van der Waals surface area contributed by atoms with Gasteiger partial charge in [0.2, 0.25) is 0 Å². The first-order valence-corrected chi connectivity index (χ1v) is 5.25. The molecule has 0 saturated heterocycles. The summed E-state index contributed by atoms with van der Waals surface area (Å²) < 4.78 is 0. The molecular weight excluding hydrogens is 170 g/mol. The van der Waals surface area contributed by atoms with Crippen LogP contribution in [-0.4, -0.2) is 16.2 Å². The average molecular weight is 183 g/mol. The Morgan fingerprint density at radius 2 is 2.42 bits per heavy atom. The molecule has 0 aliphatic heterocycles. The normalized spacial score (nSPS) is 29.5. The van der Waals surface area contributed by atoms with Gasteiger partial charge in [-0.25, -0.2) is 4.98 Å². The van der Waals surface area contributed by atoms with Crippen molar-refractivity contribution in [2.24, 2.45) is 0 Å². The third-order valence-corrected chi connectivity index (χ3v) is 3.53. The van der Waals surface area contributed by atoms with Crippen LogP contribution in [0.1, 0.15) is 35.9 Å². The van der Waals surface area contributed by atoms with Gasteiger partial charge in [0.25, 0.3) is 0 Å². The summed E-state index contributed by atoms with van der Waals surface area (Å²) in [6, 6.07) is 0. The summed E-state index contributed by atoms with van der Waals surface area (Å²) in [7, 11) is 0. The van der Waals surface area contributed by atoms with Crippen LogP contribution >= 0.6 is 11.3 Å². The molecule has 2 nitrogen and oxygen atoms in total. The summed E-state index contributed by atoms with van der Waals surface area (Å²) in [5, 5.41) is 12.8. The van der Waals surface area contributed by atoms with E-state index in [4.69, 9.17) is 0 Å². The van der Waals surface area contributed by atoms with Crippen molar-refractivity contribution in [1.29, 1.82) is 0 Å². The number of aliphatic hydroxyl groups excluding tert-OH is 1. The largest absolute Gasteiger partial charge is 0.392 e. The second kappa shape index (κ2) is 3.15. The van der Waals surface area contributed by atoms with Crippen LogP contribution < -0.4 is 0 Å². The van der Waals surface area contributed by atoms with Crippen molar-refractivity contribution >= 4 is 11.3 Å². The third-order valence-electron chi connectivity index (χ3n) is 2.43. The first-order chi connectivity index (χ1) is 5.77. The molecule has 66 valence electrons. The summed E-state index contributed by atoms with van der Waals surface area (Å²) >= 11 is 1.68. The van der Waals surface area contributed by atoms with Gasteiger partial charge in [-0.15, -0.1) is 11.3 Å². The van der Waals surface area contributed by atoms with Gasteiger partial charge < -0.3 is 5.11 Å². The molecule has 0 aromatic carbocycles. The van der Waals surface area contributed by atoms with Crippen LogP contribution in [0.5, 0.6) is 0 Å². The van der Waals surface area contributed by atoms with Crippen LogP contribution in [0.25, 0.3) is 0 Å². The second-order valence-electron chi connectivity index (χ2n) is 3.43. The zero-order chi connectivity index (χ0) is 8.55. The second-order valence-corrected chi connectivity index (χ2v) is 4.32. The van der Waals surface area contributed by atoms with E-state index in [1.807, 2.05) is 6.92 Å². The van der Waals surface area contributed by atoms with E-state index in [9.17, 15) is 5.11 Å². The van der Waals surface area contributed by atoms with E-state index >= 15 is 0 Å². The van der Waals surface area contributed by atoms with E-state index in [-0.39, 0.29) is 6.10 Å². The molecule has 1 aromatic rings. The molecule has 2 rings (SSSR count). The number of thiazole rings is 1. The molecular formula is C9H13NOS. The maximum absolute atomic E-state index is 9.62. The lowest BCUT2D eigenvalue weighted by Crippen LogP contribution is -2.10. The number of aryl methyl sites for hydroxylation is 1. The molecule has 1 N–H and O–H groups in total. The number of hydrogen-bond acceptors (Lipinski definition) is 3. The zero-order valence-electron chi connectivity index (χ0n) is 7.16. The fourth-order valence-corrected chi connectivity index (χ4v) is 2.76. The molecule has 1 aliphatic carbocycles. The highest BCUT2D eigenvalue weighted by Crippen LogP contribution is 2.35. The zero-order valence-corrected chi connectivity index (χ0v) is 7.97. The minimum Gasteiger partial charge on any atom is -0.392 e. The lowest BCUT2D eigenvalue weighted by atomic mass is 10.1. The summed E-state index contributed by atoms with van der Waals surface area (Å²) in [6.45, 7) is 2.00. The Bertz CT molecular complexity index is 271. The standard InChI is InChI=1S/C9H13NOS/c1-6-5-12-9(10-6)7-3-2-4-8(7)11/h5,7-8,11H,2-4H2,1H3/t7-,8-/m1/s1. The molecule has 0 spiro atoms. The van der Waals surface area contributed by atoms with E-state index in [1.54, 1.807) is 11.3 Å². The minimum atomic E-state index is -0.143. The Kier molecular flexibility index (Phi) is 2.15. The molecule has 1 heterocycles. The van der Waals surface area contributed by atoms with Crippen molar-refractivity contribution in [2.75, 3.05) is 0 Å². The van der Waals surface area contributed by atoms with Crippen LogP contribution in [0.3, 0.4) is 0 Å². The fraction of sp³-hybridized carbons (Fsp3) is 0.667. The molecule has 2 atom stereocenters. The maximum atomic E-state index is 9.62. The summed E-state index contributed by atoms with van der Waals surface area (Å²) in [5.41, 5.74) is 1.08. The number of nitrogens with zero attached hydrogens (tertiary/aromatic N) is 1. The van der Waals surface area contributed by atoms with Gasteiger partial charge in [0.15, 0.2) is 0 Å². The van der Waals surface area contributed by atoms with E-state index in [2.05, 4.69) is 10.4 Å². The lowest BCUT2D eigenvalue weighted by molar-refractivity contribution is 0.163. The molecule has 1 saturated carbocycles. The van der Waals surface area contributed by atoms with Gasteiger partial charge in [-0.3, -0.25) is 0 Å². The number of hydrogen-bond donors (Lipinski definition) is 1. The van der Waals surface area contributed by atoms with Crippen LogP contribution in [-0.2, 0) is 0 Å². The summed E-state index contributed by atoms with van der Waals surface area (Å²) in [4.78, 5) is 4.40. The lowest BCUT2D eigenvalue weighted by Gasteiger charge is -2.09. The molecule has 3 heteroatoms. The number of rotatable bonds is 1. The smallest absolute Gasteiger partial charge is 0.0985 e. The first-order valence-electron chi connectivity index (χ1n) is 4.37. The Morgan fingerprint density at radius 1 is 1.58 bits per heavy atom. The van der Waals surface area contributed by atoms with Crippen LogP contribution in [0.2, 0.25) is 0 Å². The van der Waals surface area contributed by atoms with E-state index < -0.39 is 0 Å². The minimum absolute atomic E-state index is 0.143. The molecule has 0 unspecified atom stereocenters. The van der Waals surface area contributed by atoms with Gasteiger partial charge in [0.05, 0.1) is 11.1 Å². The van der Waals surface area contributed by atoms with Crippen molar-refractivity contribution < 1.29 is 5.11 Å². The monoisotopic (exact) mass is 183 g/mol. The Hall–Kier alpha value is -0.410. The van der Waals surface area contributed by atoms with Crippen molar-refractivity contribution in [3.8, 4) is 0 Å². The van der Waals surface area contributed by atoms with Gasteiger partial charge in [-0.2, -0.15) is 0 Å². The Balaban J connectivity index is 2.19. The number of aliphatic hydroxyl groups is 1. The fourth-order valence-electron chi connectivity index (χ4n) is 1.77. The molecule has 0 bridgehead atoms. The highest BCUT2D eigenvalue weighted by molar-refractivity contribution is 7.09. The SMILES string of the molecule is Cc1csc([C@@H]2CCC[C@H]2O)n1. The topological polar surface area (TPSA) is 33.1 Å². The van der Waals surface area contributed by atoms with Crippen molar-refractivity contribution in [2.45, 2.75) is 38.2 Å². The summed E-state index contributed by atoms with van der Waals surface area (Å²) in [6.07, 6.45) is 3.05. The molecule has 1 aromatic heterocycles. The van der Waals surface area contributed by atoms with Crippen LogP contribution in [0.15, 0.2) is 5.38 Å². The van der Waals surface area contributed by atoms with Crippen LogP contribution in [0, 0.1) is 6.92 Å². The van der Waals surface area contributed by atoms with E-state index in [1.165, 1.54) is 0 Å². The van der Waals surface area contributed by atoms with Crippen molar-refractivity contribution in [3.05, 3.63) is 16.1 Å². The van der Waals surface area contributed by atoms with Crippen molar-refractivity contribution in [1.82, 2.24) is 4.98 Å². The molecule has 1 aliphatic rings. The highest BCUT2D eigenvalue weighted by Gasteiger charge is 2.28. The Morgan fingerprint density at radius 3 is 2.92 bits per heavy atom. The highest BCUT2D eigenvalue weighted by atomic mass is 32.1. The van der Waals surface area contributed by atoms with E-state index in [0.29, 0.717) is 5.92 Å². The van der Waals surface area contributed by atoms with Gasteiger partial charge in [0.1, 0.15) is 0 Å². The number of aromatic nitrogens is 1. The molecule has 0 amide bonds. The average Bonchev–Trinajstić information content (AvgIpc) is 2.58. The predicted octanol–water partition coefficient (Wildman–Crippen LogP) is 2.08. The van der Waals surface area contributed by atoms with E-state index in [0.717, 1.165) is 30.0 Å². The summed E-state index contributed by atoms with van der Waals surface area (Å²) in [5.74, 6) is 0.323. The van der Waals surface area contributed by atoms with Crippen LogP contribution in [0.4, 0.5) is 0 Å². The van der Waals surface area contributed by atoms with Gasteiger partial charge >= 0.3 is 0 Å². The van der Waals surface area contributed by atoms with Gasteiger partial charge in [-0.1, -0.05) is 6.42 Å². The first kappa shape index (κ1) is 8.20.